The number of halogens is 2. The van der Waals surface area contributed by atoms with E-state index < -0.39 is 8.53 Å². The Balaban J connectivity index is 3.70. The van der Waals surface area contributed by atoms with E-state index in [0.717, 1.165) is 13.1 Å². The second-order valence-electron chi connectivity index (χ2n) is 1.51. The fourth-order valence-electron chi connectivity index (χ4n) is 0.552. The summed E-state index contributed by atoms with van der Waals surface area (Å²) in [6.07, 6.45) is 0. The van der Waals surface area contributed by atoms with Crippen LogP contribution in [0.5, 0.6) is 0 Å². The number of rotatable bonds is 5. The molecule has 0 aromatic rings. The van der Waals surface area contributed by atoms with Crippen LogP contribution in [0.2, 0.25) is 0 Å². The first-order chi connectivity index (χ1) is 4.79. The molecule has 0 fully saturated rings. The first-order valence-electron chi connectivity index (χ1n) is 2.92. The van der Waals surface area contributed by atoms with E-state index in [0.29, 0.717) is 0 Å². The van der Waals surface area contributed by atoms with Crippen molar-refractivity contribution in [2.75, 3.05) is 13.1 Å². The molecule has 0 aromatic carbocycles. The van der Waals surface area contributed by atoms with Gasteiger partial charge in [-0.05, 0) is 0 Å². The summed E-state index contributed by atoms with van der Waals surface area (Å²) in [5, 5.41) is 0. The minimum Gasteiger partial charge on any atom is -0.235 e. The maximum Gasteiger partial charge on any atom is 0.294 e. The quantitative estimate of drug-likeness (QED) is 0.645. The Kier molecular flexibility index (Phi) is 7.18. The maximum absolute atomic E-state index is 5.10. The third kappa shape index (κ3) is 3.33. The van der Waals surface area contributed by atoms with Gasteiger partial charge in [0.2, 0.25) is 0 Å². The summed E-state index contributed by atoms with van der Waals surface area (Å²) in [6, 6.07) is 0. The van der Waals surface area contributed by atoms with Crippen molar-refractivity contribution in [1.82, 2.24) is 4.67 Å². The molecule has 0 saturated heterocycles. The van der Waals surface area contributed by atoms with Gasteiger partial charge >= 0.3 is 0 Å². The van der Waals surface area contributed by atoms with Crippen molar-refractivity contribution in [2.45, 2.75) is 13.8 Å². The minimum absolute atomic E-state index is 0.807. The molecule has 6 heteroatoms. The standard InChI is InChI=1S/C4H10Cl2NO2P/c1-3-7(4-2)10(8-5)9-6/h3-4H2,1-2H3. The molecule has 0 radical (unpaired) electrons. The maximum atomic E-state index is 5.10. The van der Waals surface area contributed by atoms with Crippen LogP contribution in [0.1, 0.15) is 13.8 Å². The molecule has 10 heavy (non-hydrogen) atoms. The van der Waals surface area contributed by atoms with Crippen molar-refractivity contribution in [3.8, 4) is 0 Å². The highest BCUT2D eigenvalue weighted by molar-refractivity contribution is 7.46. The summed E-state index contributed by atoms with van der Waals surface area (Å²) >= 11 is 10.2. The summed E-state index contributed by atoms with van der Waals surface area (Å²) in [5.41, 5.74) is 0. The van der Waals surface area contributed by atoms with Crippen molar-refractivity contribution in [2.24, 2.45) is 0 Å². The molecule has 0 aliphatic carbocycles. The van der Waals surface area contributed by atoms with Gasteiger partial charge in [-0.25, -0.2) is 12.8 Å². The molecule has 3 nitrogen and oxygen atoms in total. The fraction of sp³-hybridized carbons (Fsp3) is 1.00. The van der Waals surface area contributed by atoms with E-state index >= 15 is 0 Å². The van der Waals surface area contributed by atoms with E-state index in [1.807, 2.05) is 18.5 Å². The second kappa shape index (κ2) is 6.59. The molecule has 0 unspecified atom stereocenters. The van der Waals surface area contributed by atoms with Gasteiger partial charge in [-0.1, -0.05) is 13.8 Å². The average molecular weight is 206 g/mol. The normalized spacial score (nSPS) is 11.4. The van der Waals surface area contributed by atoms with Crippen LogP contribution in [0.3, 0.4) is 0 Å². The monoisotopic (exact) mass is 205 g/mol. The summed E-state index contributed by atoms with van der Waals surface area (Å²) in [7, 11) is -1.26. The molecule has 0 aliphatic heterocycles. The van der Waals surface area contributed by atoms with E-state index in [2.05, 4.69) is 8.15 Å². The molecule has 0 saturated carbocycles. The van der Waals surface area contributed by atoms with Gasteiger partial charge in [0.05, 0.1) is 23.7 Å². The Hall–Kier alpha value is 0.890. The Morgan fingerprint density at radius 3 is 1.70 bits per heavy atom. The van der Waals surface area contributed by atoms with E-state index in [9.17, 15) is 0 Å². The van der Waals surface area contributed by atoms with Gasteiger partial charge in [0.25, 0.3) is 8.53 Å². The van der Waals surface area contributed by atoms with Crippen LogP contribution in [0.4, 0.5) is 0 Å². The smallest absolute Gasteiger partial charge is 0.235 e. The SMILES string of the molecule is CCN(CC)P(OCl)OCl. The third-order valence-corrected chi connectivity index (χ3v) is 3.05. The largest absolute Gasteiger partial charge is 0.294 e. The van der Waals surface area contributed by atoms with E-state index in [1.165, 1.54) is 0 Å². The molecule has 0 heterocycles. The van der Waals surface area contributed by atoms with Gasteiger partial charge in [-0.3, -0.25) is 0 Å². The van der Waals surface area contributed by atoms with Crippen molar-refractivity contribution in [1.29, 1.82) is 0 Å². The molecule has 0 rings (SSSR count). The van der Waals surface area contributed by atoms with Gasteiger partial charge in [0.1, 0.15) is 0 Å². The van der Waals surface area contributed by atoms with Gasteiger partial charge in [-0.2, -0.15) is 0 Å². The molecule has 0 atom stereocenters. The lowest BCUT2D eigenvalue weighted by atomic mass is 10.7. The van der Waals surface area contributed by atoms with Crippen LogP contribution >= 0.6 is 32.3 Å². The minimum atomic E-state index is -1.26. The van der Waals surface area contributed by atoms with Crippen LogP contribution in [-0.4, -0.2) is 17.8 Å². The summed E-state index contributed by atoms with van der Waals surface area (Å²) in [6.45, 7) is 5.57. The van der Waals surface area contributed by atoms with E-state index in [4.69, 9.17) is 23.7 Å². The zero-order valence-electron chi connectivity index (χ0n) is 5.88. The first-order valence-corrected chi connectivity index (χ1v) is 4.67. The average Bonchev–Trinajstić information content (AvgIpc) is 2.00. The van der Waals surface area contributed by atoms with Crippen molar-refractivity contribution in [3.63, 3.8) is 0 Å². The van der Waals surface area contributed by atoms with Crippen molar-refractivity contribution >= 4 is 32.3 Å². The second-order valence-corrected chi connectivity index (χ2v) is 3.66. The summed E-state index contributed by atoms with van der Waals surface area (Å²) in [4.78, 5) is 0. The zero-order valence-corrected chi connectivity index (χ0v) is 8.29. The van der Waals surface area contributed by atoms with Gasteiger partial charge in [0.15, 0.2) is 0 Å². The molecule has 0 N–H and O–H groups in total. The Bertz CT molecular complexity index is 69.7. The lowest BCUT2D eigenvalue weighted by Crippen LogP contribution is -2.16. The molecule has 62 valence electrons. The molecule has 0 bridgehead atoms. The molecule has 0 spiro atoms. The number of hydrogen-bond donors (Lipinski definition) is 0. The van der Waals surface area contributed by atoms with Gasteiger partial charge in [0, 0.05) is 13.1 Å². The lowest BCUT2D eigenvalue weighted by molar-refractivity contribution is 0.394. The highest BCUT2D eigenvalue weighted by Gasteiger charge is 2.17. The van der Waals surface area contributed by atoms with Crippen LogP contribution < -0.4 is 0 Å². The van der Waals surface area contributed by atoms with E-state index in [-0.39, 0.29) is 0 Å². The van der Waals surface area contributed by atoms with Crippen LogP contribution in [0.15, 0.2) is 0 Å². The topological polar surface area (TPSA) is 21.7 Å². The fourth-order valence-corrected chi connectivity index (χ4v) is 1.99. The Morgan fingerprint density at radius 1 is 1.20 bits per heavy atom. The Morgan fingerprint density at radius 2 is 1.60 bits per heavy atom. The molecule has 0 aliphatic rings. The molecule has 0 aromatic heterocycles. The highest BCUT2D eigenvalue weighted by Crippen LogP contribution is 2.44. The highest BCUT2D eigenvalue weighted by atomic mass is 35.5. The van der Waals surface area contributed by atoms with Crippen LogP contribution in [-0.2, 0) is 8.15 Å². The Labute approximate surface area is 72.5 Å². The molecular formula is C4H10Cl2NO2P. The van der Waals surface area contributed by atoms with Crippen LogP contribution in [0, 0.1) is 0 Å². The summed E-state index contributed by atoms with van der Waals surface area (Å²) < 4.78 is 10.8. The number of nitrogens with zero attached hydrogens (tertiary/aromatic N) is 1. The first kappa shape index (κ1) is 10.9. The molecule has 0 amide bonds. The van der Waals surface area contributed by atoms with Crippen molar-refractivity contribution < 1.29 is 8.15 Å². The van der Waals surface area contributed by atoms with Crippen LogP contribution in [0.25, 0.3) is 0 Å². The van der Waals surface area contributed by atoms with E-state index in [1.54, 1.807) is 0 Å². The predicted molar refractivity (Wildman–Crippen MR) is 43.7 cm³/mol. The van der Waals surface area contributed by atoms with Crippen molar-refractivity contribution in [3.05, 3.63) is 0 Å². The van der Waals surface area contributed by atoms with Gasteiger partial charge in [-0.15, -0.1) is 0 Å². The summed E-state index contributed by atoms with van der Waals surface area (Å²) in [5.74, 6) is 0. The number of hydrogen-bond acceptors (Lipinski definition) is 3. The third-order valence-electron chi connectivity index (χ3n) is 1.08. The van der Waals surface area contributed by atoms with Gasteiger partial charge < -0.3 is 0 Å². The lowest BCUT2D eigenvalue weighted by Gasteiger charge is -2.20. The molecular weight excluding hydrogens is 196 g/mol. The zero-order chi connectivity index (χ0) is 7.98. The predicted octanol–water partition coefficient (Wildman–Crippen LogP) is 2.90.